The molecule has 2 aliphatic heterocycles. The van der Waals surface area contributed by atoms with Crippen molar-refractivity contribution in [2.24, 2.45) is 0 Å². The molecule has 7 nitrogen and oxygen atoms in total. The Morgan fingerprint density at radius 1 is 0.466 bits per heavy atom. The number of fused-ring (bicyclic) bond motifs is 2. The third kappa shape index (κ3) is 7.23. The first kappa shape index (κ1) is 36.7. The van der Waals surface area contributed by atoms with Gasteiger partial charge in [0.25, 0.3) is 0 Å². The Labute approximate surface area is 340 Å². The summed E-state index contributed by atoms with van der Waals surface area (Å²) in [5.41, 5.74) is 9.80. The van der Waals surface area contributed by atoms with Crippen molar-refractivity contribution in [3.05, 3.63) is 190 Å². The molecule has 6 aromatic rings. The number of epoxide rings is 2. The molecule has 10 rings (SSSR count). The molecule has 6 aromatic carbocycles. The average Bonchev–Trinajstić information content (AvgIpc) is 4.22. The molecule has 2 heterocycles. The SMILES string of the molecule is OC(COc1ccc(C2(c3ccc(OCC4CO4)cc3)CCc3ccccc32)cc1)COc1ccc(C2(c3ccc(OCC4CO4)cc3)CCc3ccccc32)cc1. The highest BCUT2D eigenvalue weighted by Gasteiger charge is 2.43. The molecule has 4 unspecified atom stereocenters. The second kappa shape index (κ2) is 15.6. The second-order valence-corrected chi connectivity index (χ2v) is 16.0. The Bertz CT molecular complexity index is 2170. The molecule has 4 atom stereocenters. The van der Waals surface area contributed by atoms with E-state index < -0.39 is 6.10 Å². The first-order valence-electron chi connectivity index (χ1n) is 20.6. The number of rotatable bonds is 16. The van der Waals surface area contributed by atoms with Crippen LogP contribution in [-0.2, 0) is 33.1 Å². The van der Waals surface area contributed by atoms with Crippen LogP contribution in [0.3, 0.4) is 0 Å². The van der Waals surface area contributed by atoms with Crippen molar-refractivity contribution < 1.29 is 33.5 Å². The molecule has 4 aliphatic rings. The Morgan fingerprint density at radius 3 is 1.14 bits per heavy atom. The van der Waals surface area contributed by atoms with Crippen molar-refractivity contribution in [1.82, 2.24) is 0 Å². The van der Waals surface area contributed by atoms with E-state index in [1.165, 1.54) is 44.5 Å². The highest BCUT2D eigenvalue weighted by molar-refractivity contribution is 5.59. The summed E-state index contributed by atoms with van der Waals surface area (Å²) < 4.78 is 34.7. The standard InChI is InChI=1S/C51H48O7/c52-41(29-53-42-17-9-37(10-18-42)50(27-25-35-5-1-3-7-48(35)50)39-13-21-44(22-14-39)55-31-46-33-57-46)30-54-43-19-11-38(12-20-43)51(28-26-36-6-2-4-8-49(36)51)40-15-23-45(24-16-40)56-32-47-34-58-47/h1-24,41,46-47,52H,25-34H2. The van der Waals surface area contributed by atoms with Crippen LogP contribution in [0, 0.1) is 0 Å². The fourth-order valence-electron chi connectivity index (χ4n) is 9.24. The lowest BCUT2D eigenvalue weighted by Gasteiger charge is -2.32. The molecule has 0 aromatic heterocycles. The quantitative estimate of drug-likeness (QED) is 0.0988. The predicted octanol–water partition coefficient (Wildman–Crippen LogP) is 8.62. The maximum Gasteiger partial charge on any atom is 0.122 e. The minimum absolute atomic E-state index is 0.117. The molecule has 7 heteroatoms. The highest BCUT2D eigenvalue weighted by atomic mass is 16.6. The van der Waals surface area contributed by atoms with Crippen LogP contribution in [0.2, 0.25) is 0 Å². The largest absolute Gasteiger partial charge is 0.491 e. The van der Waals surface area contributed by atoms with Gasteiger partial charge < -0.3 is 33.5 Å². The van der Waals surface area contributed by atoms with Gasteiger partial charge in [-0.1, -0.05) is 97.1 Å². The topological polar surface area (TPSA) is 82.2 Å². The molecule has 0 radical (unpaired) electrons. The van der Waals surface area contributed by atoms with Gasteiger partial charge >= 0.3 is 0 Å². The molecule has 0 bridgehead atoms. The first-order chi connectivity index (χ1) is 28.6. The van der Waals surface area contributed by atoms with Gasteiger partial charge in [0, 0.05) is 10.8 Å². The zero-order valence-corrected chi connectivity index (χ0v) is 32.6. The van der Waals surface area contributed by atoms with Gasteiger partial charge in [-0.2, -0.15) is 0 Å². The number of hydrogen-bond donors (Lipinski definition) is 1. The van der Waals surface area contributed by atoms with Crippen molar-refractivity contribution in [2.45, 2.75) is 54.8 Å². The minimum atomic E-state index is -0.806. The summed E-state index contributed by atoms with van der Waals surface area (Å²) in [5.74, 6) is 3.13. The van der Waals surface area contributed by atoms with Gasteiger partial charge in [-0.25, -0.2) is 0 Å². The zero-order chi connectivity index (χ0) is 38.9. The molecule has 294 valence electrons. The predicted molar refractivity (Wildman–Crippen MR) is 223 cm³/mol. The van der Waals surface area contributed by atoms with Gasteiger partial charge in [-0.15, -0.1) is 0 Å². The van der Waals surface area contributed by atoms with Crippen LogP contribution in [0.1, 0.15) is 57.3 Å². The molecule has 2 aliphatic carbocycles. The molecule has 2 saturated heterocycles. The average molecular weight is 773 g/mol. The first-order valence-corrected chi connectivity index (χ1v) is 20.6. The Balaban J connectivity index is 0.791. The van der Waals surface area contributed by atoms with E-state index in [0.29, 0.717) is 24.7 Å². The molecular weight excluding hydrogens is 725 g/mol. The van der Waals surface area contributed by atoms with Crippen LogP contribution >= 0.6 is 0 Å². The van der Waals surface area contributed by atoms with Crippen LogP contribution in [0.4, 0.5) is 0 Å². The van der Waals surface area contributed by atoms with Crippen molar-refractivity contribution >= 4 is 0 Å². The Hall–Kier alpha value is -5.60. The maximum absolute atomic E-state index is 10.9. The minimum Gasteiger partial charge on any atom is -0.491 e. The van der Waals surface area contributed by atoms with Crippen molar-refractivity contribution in [1.29, 1.82) is 0 Å². The lowest BCUT2D eigenvalue weighted by atomic mass is 9.70. The van der Waals surface area contributed by atoms with E-state index in [4.69, 9.17) is 28.4 Å². The van der Waals surface area contributed by atoms with Gasteiger partial charge in [0.1, 0.15) is 67.7 Å². The van der Waals surface area contributed by atoms with Crippen molar-refractivity contribution in [2.75, 3.05) is 39.6 Å². The van der Waals surface area contributed by atoms with E-state index in [0.717, 1.165) is 50.4 Å². The number of aliphatic hydroxyl groups is 1. The summed E-state index contributed by atoms with van der Waals surface area (Å²) in [6.07, 6.45) is 3.61. The number of ether oxygens (including phenoxy) is 6. The third-order valence-corrected chi connectivity index (χ3v) is 12.4. The smallest absolute Gasteiger partial charge is 0.122 e. The highest BCUT2D eigenvalue weighted by Crippen LogP contribution is 2.51. The summed E-state index contributed by atoms with van der Waals surface area (Å²) >= 11 is 0. The number of aliphatic hydroxyl groups excluding tert-OH is 1. The van der Waals surface area contributed by atoms with E-state index in [2.05, 4.69) is 121 Å². The van der Waals surface area contributed by atoms with Crippen LogP contribution in [0.25, 0.3) is 0 Å². The van der Waals surface area contributed by atoms with Gasteiger partial charge in [-0.05, 0) is 119 Å². The van der Waals surface area contributed by atoms with Gasteiger partial charge in [0.05, 0.1) is 13.2 Å². The normalized spacial score (nSPS) is 23.1. The number of aryl methyl sites for hydroxylation is 2. The second-order valence-electron chi connectivity index (χ2n) is 16.0. The number of hydrogen-bond acceptors (Lipinski definition) is 7. The van der Waals surface area contributed by atoms with Crippen molar-refractivity contribution in [3.8, 4) is 23.0 Å². The number of benzene rings is 6. The fraction of sp³-hybridized carbons (Fsp3) is 0.294. The van der Waals surface area contributed by atoms with Crippen LogP contribution in [-0.4, -0.2) is 63.1 Å². The maximum atomic E-state index is 10.9. The molecule has 0 spiro atoms. The lowest BCUT2D eigenvalue weighted by molar-refractivity contribution is 0.0626. The summed E-state index contributed by atoms with van der Waals surface area (Å²) in [4.78, 5) is 0. The fourth-order valence-corrected chi connectivity index (χ4v) is 9.24. The van der Waals surface area contributed by atoms with E-state index in [1.54, 1.807) is 0 Å². The summed E-state index contributed by atoms with van der Waals surface area (Å²) in [5, 5.41) is 10.9. The van der Waals surface area contributed by atoms with E-state index in [9.17, 15) is 5.11 Å². The molecule has 0 saturated carbocycles. The molecular formula is C51H48O7. The van der Waals surface area contributed by atoms with E-state index >= 15 is 0 Å². The molecule has 2 fully saturated rings. The van der Waals surface area contributed by atoms with Gasteiger partial charge in [0.2, 0.25) is 0 Å². The Kier molecular flexibility index (Phi) is 9.90. The van der Waals surface area contributed by atoms with Gasteiger partial charge in [0.15, 0.2) is 0 Å². The molecule has 58 heavy (non-hydrogen) atoms. The van der Waals surface area contributed by atoms with Crippen molar-refractivity contribution in [3.63, 3.8) is 0 Å². The third-order valence-electron chi connectivity index (χ3n) is 12.4. The van der Waals surface area contributed by atoms with Crippen LogP contribution in [0.5, 0.6) is 23.0 Å². The summed E-state index contributed by atoms with van der Waals surface area (Å²) in [7, 11) is 0. The molecule has 0 amide bonds. The zero-order valence-electron chi connectivity index (χ0n) is 32.6. The van der Waals surface area contributed by atoms with Crippen LogP contribution in [0.15, 0.2) is 146 Å². The van der Waals surface area contributed by atoms with E-state index in [1.807, 2.05) is 24.3 Å². The van der Waals surface area contributed by atoms with Gasteiger partial charge in [-0.3, -0.25) is 0 Å². The van der Waals surface area contributed by atoms with Crippen LogP contribution < -0.4 is 18.9 Å². The Morgan fingerprint density at radius 2 is 0.793 bits per heavy atom. The van der Waals surface area contributed by atoms with E-state index in [-0.39, 0.29) is 36.3 Å². The summed E-state index contributed by atoms with van der Waals surface area (Å²) in [6.45, 7) is 2.97. The lowest BCUT2D eigenvalue weighted by Crippen LogP contribution is -2.27. The molecule has 1 N–H and O–H groups in total. The summed E-state index contributed by atoms with van der Waals surface area (Å²) in [6, 6.07) is 51.3. The monoisotopic (exact) mass is 772 g/mol.